The Morgan fingerprint density at radius 2 is 1.71 bits per heavy atom. The molecule has 2 N–H and O–H groups in total. The van der Waals surface area contributed by atoms with Gasteiger partial charge in [0, 0.05) is 37.3 Å². The normalized spacial score (nSPS) is 19.7. The van der Waals surface area contributed by atoms with E-state index in [0.717, 1.165) is 35.0 Å². The second-order valence-electron chi connectivity index (χ2n) is 10.6. The number of nitrogens with zero attached hydrogens (tertiary/aromatic N) is 1. The molecule has 200 valence electrons. The number of carbonyl (C=O) groups is 1. The van der Waals surface area contributed by atoms with Crippen LogP contribution in [-0.2, 0) is 4.79 Å². The van der Waals surface area contributed by atoms with E-state index in [1.54, 1.807) is 25.1 Å². The van der Waals surface area contributed by atoms with Crippen molar-refractivity contribution in [2.75, 3.05) is 15.5 Å². The Kier molecular flexibility index (Phi) is 7.28. The molecule has 0 spiro atoms. The van der Waals surface area contributed by atoms with E-state index in [-0.39, 0.29) is 23.7 Å². The molecule has 1 aliphatic carbocycles. The van der Waals surface area contributed by atoms with Gasteiger partial charge >= 0.3 is 6.11 Å². The van der Waals surface area contributed by atoms with Gasteiger partial charge in [0.2, 0.25) is 5.91 Å². The lowest BCUT2D eigenvalue weighted by atomic mass is 9.88. The fourth-order valence-electron chi connectivity index (χ4n) is 5.81. The Hall–Kier alpha value is -3.61. The standard InChI is InChI=1S/C31H35F2N3O2/c1-20-17-28(35-27-13-6-7-14-30(27)38-31(3,32)33)26-19-23(15-16-29(26)36(20)21(2)37)22-9-8-12-25(18-22)34-24-10-4-5-11-24/h6-9,12-16,18-20,24,28,34-35H,4-5,10-11,17H2,1-3H3/t20-,28+/m0/s1. The summed E-state index contributed by atoms with van der Waals surface area (Å²) < 4.78 is 32.4. The third-order valence-electron chi connectivity index (χ3n) is 7.45. The van der Waals surface area contributed by atoms with Crippen molar-refractivity contribution in [3.05, 3.63) is 72.3 Å². The van der Waals surface area contributed by atoms with Crippen LogP contribution in [0.4, 0.5) is 25.8 Å². The number of amides is 1. The van der Waals surface area contributed by atoms with Crippen molar-refractivity contribution in [2.45, 2.75) is 77.1 Å². The van der Waals surface area contributed by atoms with E-state index in [0.29, 0.717) is 18.2 Å². The van der Waals surface area contributed by atoms with Gasteiger partial charge in [-0.25, -0.2) is 0 Å². The fourth-order valence-corrected chi connectivity index (χ4v) is 5.81. The molecule has 1 amide bonds. The van der Waals surface area contributed by atoms with Gasteiger partial charge in [0.25, 0.3) is 0 Å². The smallest absolute Gasteiger partial charge is 0.394 e. The number of ether oxygens (including phenoxy) is 1. The summed E-state index contributed by atoms with van der Waals surface area (Å²) in [4.78, 5) is 14.4. The maximum absolute atomic E-state index is 13.7. The molecule has 1 fully saturated rings. The lowest BCUT2D eigenvalue weighted by molar-refractivity contribution is -0.158. The predicted octanol–water partition coefficient (Wildman–Crippen LogP) is 8.00. The second kappa shape index (κ2) is 10.6. The van der Waals surface area contributed by atoms with Gasteiger partial charge in [0.1, 0.15) is 5.75 Å². The molecule has 0 saturated heterocycles. The number of carbonyl (C=O) groups excluding carboxylic acids is 1. The Bertz CT molecular complexity index is 1300. The third-order valence-corrected chi connectivity index (χ3v) is 7.45. The van der Waals surface area contributed by atoms with Crippen molar-refractivity contribution >= 4 is 23.0 Å². The van der Waals surface area contributed by atoms with Crippen LogP contribution in [-0.4, -0.2) is 24.1 Å². The van der Waals surface area contributed by atoms with E-state index < -0.39 is 6.11 Å². The molecule has 1 heterocycles. The van der Waals surface area contributed by atoms with Crippen molar-refractivity contribution in [2.24, 2.45) is 0 Å². The highest BCUT2D eigenvalue weighted by atomic mass is 19.3. The Morgan fingerprint density at radius 1 is 0.974 bits per heavy atom. The van der Waals surface area contributed by atoms with Crippen LogP contribution in [0.1, 0.15) is 64.5 Å². The largest absolute Gasteiger partial charge is 0.431 e. The van der Waals surface area contributed by atoms with E-state index in [2.05, 4.69) is 41.0 Å². The first kappa shape index (κ1) is 26.0. The van der Waals surface area contributed by atoms with Crippen LogP contribution in [0.25, 0.3) is 11.1 Å². The van der Waals surface area contributed by atoms with Crippen LogP contribution in [0.5, 0.6) is 5.75 Å². The Labute approximate surface area is 223 Å². The third kappa shape index (κ3) is 5.77. The number of fused-ring (bicyclic) bond motifs is 1. The molecular weight excluding hydrogens is 484 g/mol. The number of alkyl halides is 2. The zero-order valence-electron chi connectivity index (χ0n) is 22.1. The van der Waals surface area contributed by atoms with Gasteiger partial charge in [-0.1, -0.05) is 43.2 Å². The van der Waals surface area contributed by atoms with Crippen LogP contribution >= 0.6 is 0 Å². The average molecular weight is 520 g/mol. The molecule has 2 aliphatic rings. The maximum Gasteiger partial charge on any atom is 0.394 e. The van der Waals surface area contributed by atoms with Gasteiger partial charge in [-0.2, -0.15) is 8.78 Å². The van der Waals surface area contributed by atoms with Gasteiger partial charge in [0.05, 0.1) is 11.7 Å². The molecule has 38 heavy (non-hydrogen) atoms. The van der Waals surface area contributed by atoms with Gasteiger partial charge < -0.3 is 20.3 Å². The quantitative estimate of drug-likeness (QED) is 0.332. The van der Waals surface area contributed by atoms with Crippen LogP contribution in [0.15, 0.2) is 66.7 Å². The first-order valence-corrected chi connectivity index (χ1v) is 13.4. The topological polar surface area (TPSA) is 53.6 Å². The first-order chi connectivity index (χ1) is 18.2. The molecule has 7 heteroatoms. The van der Waals surface area contributed by atoms with E-state index >= 15 is 0 Å². The monoisotopic (exact) mass is 519 g/mol. The summed E-state index contributed by atoms with van der Waals surface area (Å²) in [5.74, 6) is 0.0621. The second-order valence-corrected chi connectivity index (χ2v) is 10.6. The molecule has 0 aromatic heterocycles. The summed E-state index contributed by atoms with van der Waals surface area (Å²) in [5, 5.41) is 7.11. The molecular formula is C31H35F2N3O2. The SMILES string of the molecule is CC(=O)N1c2ccc(-c3cccc(NC4CCCC4)c3)cc2[C@H](Nc2ccccc2OC(C)(F)F)C[C@@H]1C. The molecule has 0 radical (unpaired) electrons. The Balaban J connectivity index is 1.50. The predicted molar refractivity (Wildman–Crippen MR) is 149 cm³/mol. The van der Waals surface area contributed by atoms with Crippen molar-refractivity contribution in [1.29, 1.82) is 0 Å². The molecule has 0 bridgehead atoms. The van der Waals surface area contributed by atoms with Crippen molar-refractivity contribution < 1.29 is 18.3 Å². The molecule has 5 rings (SSSR count). The number of rotatable bonds is 7. The highest BCUT2D eigenvalue weighted by Crippen LogP contribution is 2.43. The highest BCUT2D eigenvalue weighted by molar-refractivity contribution is 5.94. The number of halogens is 2. The average Bonchev–Trinajstić information content (AvgIpc) is 3.37. The van der Waals surface area contributed by atoms with Gasteiger partial charge in [-0.15, -0.1) is 0 Å². The van der Waals surface area contributed by atoms with Gasteiger partial charge in [0.15, 0.2) is 0 Å². The molecule has 0 unspecified atom stereocenters. The number of para-hydroxylation sites is 2. The van der Waals surface area contributed by atoms with Crippen LogP contribution in [0.2, 0.25) is 0 Å². The van der Waals surface area contributed by atoms with Gasteiger partial charge in [-0.3, -0.25) is 4.79 Å². The van der Waals surface area contributed by atoms with Crippen LogP contribution in [0.3, 0.4) is 0 Å². The van der Waals surface area contributed by atoms with Crippen molar-refractivity contribution in [1.82, 2.24) is 0 Å². The first-order valence-electron chi connectivity index (χ1n) is 13.4. The van der Waals surface area contributed by atoms with Crippen molar-refractivity contribution in [3.8, 4) is 16.9 Å². The van der Waals surface area contributed by atoms with E-state index in [4.69, 9.17) is 4.74 Å². The molecule has 3 aromatic rings. The zero-order valence-corrected chi connectivity index (χ0v) is 22.1. The molecule has 3 aromatic carbocycles. The van der Waals surface area contributed by atoms with Crippen LogP contribution < -0.4 is 20.3 Å². The lowest BCUT2D eigenvalue weighted by Gasteiger charge is -2.40. The van der Waals surface area contributed by atoms with E-state index in [1.165, 1.54) is 31.7 Å². The molecule has 1 aliphatic heterocycles. The highest BCUT2D eigenvalue weighted by Gasteiger charge is 2.33. The lowest BCUT2D eigenvalue weighted by Crippen LogP contribution is -2.43. The van der Waals surface area contributed by atoms with E-state index in [1.807, 2.05) is 24.0 Å². The summed E-state index contributed by atoms with van der Waals surface area (Å²) >= 11 is 0. The fraction of sp³-hybridized carbons (Fsp3) is 0.387. The summed E-state index contributed by atoms with van der Waals surface area (Å²) in [7, 11) is 0. The summed E-state index contributed by atoms with van der Waals surface area (Å²) in [6.45, 7) is 4.31. The molecule has 5 nitrogen and oxygen atoms in total. The summed E-state index contributed by atoms with van der Waals surface area (Å²) in [6.07, 6.45) is 2.26. The zero-order chi connectivity index (χ0) is 26.9. The minimum absolute atomic E-state index is 0.0259. The Morgan fingerprint density at radius 3 is 2.45 bits per heavy atom. The molecule has 2 atom stereocenters. The summed E-state index contributed by atoms with van der Waals surface area (Å²) in [6, 6.07) is 21.6. The van der Waals surface area contributed by atoms with Crippen molar-refractivity contribution in [3.63, 3.8) is 0 Å². The van der Waals surface area contributed by atoms with Crippen LogP contribution in [0, 0.1) is 0 Å². The van der Waals surface area contributed by atoms with E-state index in [9.17, 15) is 13.6 Å². The number of hydrogen-bond donors (Lipinski definition) is 2. The summed E-state index contributed by atoms with van der Waals surface area (Å²) in [5.41, 5.74) is 5.49. The molecule has 1 saturated carbocycles. The minimum Gasteiger partial charge on any atom is -0.431 e. The maximum atomic E-state index is 13.7. The van der Waals surface area contributed by atoms with Gasteiger partial charge in [-0.05, 0) is 79.3 Å². The number of anilines is 3. The number of benzene rings is 3. The number of nitrogens with one attached hydrogen (secondary N) is 2. The number of hydrogen-bond acceptors (Lipinski definition) is 4. The minimum atomic E-state index is -3.30.